The standard InChI is InChI=1S/C19H17N/c1-19(2)16-9-5-3-7-13(16)11-15-12-14-8-4-6-10-17(14)20-18(15)19/h3-10,12H,11H2,1-2H3. The Hall–Kier alpha value is -2.15. The summed E-state index contributed by atoms with van der Waals surface area (Å²) in [6, 6.07) is 19.5. The Morgan fingerprint density at radius 2 is 1.65 bits per heavy atom. The van der Waals surface area contributed by atoms with Gasteiger partial charge in [-0.1, -0.05) is 56.3 Å². The molecule has 0 saturated carbocycles. The van der Waals surface area contributed by atoms with Gasteiger partial charge >= 0.3 is 0 Å². The minimum atomic E-state index is -0.0196. The van der Waals surface area contributed by atoms with Crippen molar-refractivity contribution in [3.8, 4) is 0 Å². The fourth-order valence-corrected chi connectivity index (χ4v) is 3.45. The predicted molar refractivity (Wildman–Crippen MR) is 83.1 cm³/mol. The highest BCUT2D eigenvalue weighted by atomic mass is 14.7. The van der Waals surface area contributed by atoms with E-state index in [1.807, 2.05) is 0 Å². The summed E-state index contributed by atoms with van der Waals surface area (Å²) in [6.45, 7) is 4.57. The van der Waals surface area contributed by atoms with Gasteiger partial charge in [-0.3, -0.25) is 4.98 Å². The number of hydrogen-bond acceptors (Lipinski definition) is 1. The first-order chi connectivity index (χ1) is 9.66. The lowest BCUT2D eigenvalue weighted by Crippen LogP contribution is -2.28. The van der Waals surface area contributed by atoms with Crippen LogP contribution in [0.3, 0.4) is 0 Å². The van der Waals surface area contributed by atoms with Gasteiger partial charge < -0.3 is 0 Å². The number of nitrogens with zero attached hydrogens (tertiary/aromatic N) is 1. The molecule has 0 atom stereocenters. The van der Waals surface area contributed by atoms with Crippen LogP contribution in [0.1, 0.15) is 36.2 Å². The minimum Gasteiger partial charge on any atom is -0.252 e. The van der Waals surface area contributed by atoms with E-state index in [9.17, 15) is 0 Å². The summed E-state index contributed by atoms with van der Waals surface area (Å²) in [5.74, 6) is 0. The third kappa shape index (κ3) is 1.53. The Morgan fingerprint density at radius 1 is 0.900 bits per heavy atom. The Kier molecular flexibility index (Phi) is 2.29. The molecule has 0 spiro atoms. The molecule has 1 heteroatoms. The number of rotatable bonds is 0. The van der Waals surface area contributed by atoms with Crippen molar-refractivity contribution in [1.29, 1.82) is 0 Å². The van der Waals surface area contributed by atoms with Gasteiger partial charge in [-0.05, 0) is 35.2 Å². The second-order valence-corrected chi connectivity index (χ2v) is 6.15. The molecule has 1 heterocycles. The highest BCUT2D eigenvalue weighted by Crippen LogP contribution is 2.40. The summed E-state index contributed by atoms with van der Waals surface area (Å²) in [5, 5.41) is 1.24. The molecule has 1 nitrogen and oxygen atoms in total. The molecule has 4 rings (SSSR count). The van der Waals surface area contributed by atoms with E-state index in [1.165, 1.54) is 27.8 Å². The molecule has 0 unspecified atom stereocenters. The average Bonchev–Trinajstić information content (AvgIpc) is 2.46. The number of fused-ring (bicyclic) bond motifs is 3. The molecule has 0 saturated heterocycles. The minimum absolute atomic E-state index is 0.0196. The number of pyridine rings is 1. The normalized spacial score (nSPS) is 15.7. The topological polar surface area (TPSA) is 12.9 Å². The summed E-state index contributed by atoms with van der Waals surface area (Å²) in [6.07, 6.45) is 0.993. The molecular formula is C19H17N. The van der Waals surface area contributed by atoms with Gasteiger partial charge in [0.1, 0.15) is 0 Å². The van der Waals surface area contributed by atoms with Crippen molar-refractivity contribution < 1.29 is 0 Å². The average molecular weight is 259 g/mol. The monoisotopic (exact) mass is 259 g/mol. The molecule has 0 amide bonds. The smallest absolute Gasteiger partial charge is 0.0705 e. The van der Waals surface area contributed by atoms with Crippen molar-refractivity contribution in [2.75, 3.05) is 0 Å². The van der Waals surface area contributed by atoms with Crippen molar-refractivity contribution in [3.63, 3.8) is 0 Å². The van der Waals surface area contributed by atoms with Gasteiger partial charge in [-0.15, -0.1) is 0 Å². The molecule has 2 aromatic carbocycles. The Bertz CT molecular complexity index is 815. The van der Waals surface area contributed by atoms with Crippen LogP contribution < -0.4 is 0 Å². The molecule has 0 fully saturated rings. The van der Waals surface area contributed by atoms with Crippen molar-refractivity contribution in [2.45, 2.75) is 25.7 Å². The molecule has 20 heavy (non-hydrogen) atoms. The molecule has 0 bridgehead atoms. The van der Waals surface area contributed by atoms with Crippen LogP contribution in [-0.4, -0.2) is 4.98 Å². The van der Waals surface area contributed by atoms with Gasteiger partial charge in [0, 0.05) is 10.8 Å². The van der Waals surface area contributed by atoms with E-state index in [-0.39, 0.29) is 5.41 Å². The zero-order valence-electron chi connectivity index (χ0n) is 11.9. The molecule has 0 aliphatic heterocycles. The number of aromatic nitrogens is 1. The van der Waals surface area contributed by atoms with Gasteiger partial charge in [0.15, 0.2) is 0 Å². The van der Waals surface area contributed by atoms with Gasteiger partial charge in [0.2, 0.25) is 0 Å². The molecular weight excluding hydrogens is 242 g/mol. The third-order valence-electron chi connectivity index (χ3n) is 4.47. The van der Waals surface area contributed by atoms with Crippen LogP contribution in [0.4, 0.5) is 0 Å². The second-order valence-electron chi connectivity index (χ2n) is 6.15. The van der Waals surface area contributed by atoms with Crippen molar-refractivity contribution in [1.82, 2.24) is 4.98 Å². The van der Waals surface area contributed by atoms with Crippen molar-refractivity contribution in [2.24, 2.45) is 0 Å². The Labute approximate surface area is 119 Å². The molecule has 1 aromatic heterocycles. The third-order valence-corrected chi connectivity index (χ3v) is 4.47. The maximum absolute atomic E-state index is 4.97. The van der Waals surface area contributed by atoms with Crippen LogP contribution >= 0.6 is 0 Å². The summed E-state index contributed by atoms with van der Waals surface area (Å²) in [5.41, 5.74) is 6.52. The Morgan fingerprint density at radius 3 is 2.55 bits per heavy atom. The van der Waals surface area contributed by atoms with Gasteiger partial charge in [0.25, 0.3) is 0 Å². The number of hydrogen-bond donors (Lipinski definition) is 0. The summed E-state index contributed by atoms with van der Waals surface area (Å²) in [4.78, 5) is 4.97. The van der Waals surface area contributed by atoms with Crippen LogP contribution in [0.15, 0.2) is 54.6 Å². The first-order valence-corrected chi connectivity index (χ1v) is 7.14. The Balaban J connectivity index is 2.04. The molecule has 1 aliphatic rings. The van der Waals surface area contributed by atoms with Gasteiger partial charge in [-0.2, -0.15) is 0 Å². The van der Waals surface area contributed by atoms with E-state index in [0.717, 1.165) is 11.9 Å². The summed E-state index contributed by atoms with van der Waals surface area (Å²) < 4.78 is 0. The highest BCUT2D eigenvalue weighted by Gasteiger charge is 2.33. The first kappa shape index (κ1) is 11.7. The SMILES string of the molecule is CC1(C)c2ccccc2Cc2cc3ccccc3nc21. The van der Waals surface area contributed by atoms with Gasteiger partial charge in [-0.25, -0.2) is 0 Å². The van der Waals surface area contributed by atoms with Crippen molar-refractivity contribution >= 4 is 10.9 Å². The van der Waals surface area contributed by atoms with Gasteiger partial charge in [0.05, 0.1) is 11.2 Å². The molecule has 0 radical (unpaired) electrons. The zero-order chi connectivity index (χ0) is 13.7. The zero-order valence-corrected chi connectivity index (χ0v) is 11.9. The van der Waals surface area contributed by atoms with Crippen LogP contribution in [-0.2, 0) is 11.8 Å². The molecule has 98 valence electrons. The van der Waals surface area contributed by atoms with Crippen LogP contribution in [0.25, 0.3) is 10.9 Å². The maximum Gasteiger partial charge on any atom is 0.0705 e. The maximum atomic E-state index is 4.97. The summed E-state index contributed by atoms with van der Waals surface area (Å²) >= 11 is 0. The van der Waals surface area contributed by atoms with E-state index in [1.54, 1.807) is 0 Å². The first-order valence-electron chi connectivity index (χ1n) is 7.14. The van der Waals surface area contributed by atoms with Crippen LogP contribution in [0, 0.1) is 0 Å². The fourth-order valence-electron chi connectivity index (χ4n) is 3.45. The van der Waals surface area contributed by atoms with Crippen LogP contribution in [0.5, 0.6) is 0 Å². The number of benzene rings is 2. The van der Waals surface area contributed by atoms with E-state index in [4.69, 9.17) is 4.98 Å². The van der Waals surface area contributed by atoms with E-state index in [2.05, 4.69) is 68.4 Å². The molecule has 1 aliphatic carbocycles. The molecule has 3 aromatic rings. The molecule has 0 N–H and O–H groups in total. The largest absolute Gasteiger partial charge is 0.252 e. The van der Waals surface area contributed by atoms with E-state index in [0.29, 0.717) is 0 Å². The lowest BCUT2D eigenvalue weighted by atomic mass is 9.71. The van der Waals surface area contributed by atoms with E-state index < -0.39 is 0 Å². The predicted octanol–water partition coefficient (Wildman–Crippen LogP) is 4.46. The fraction of sp³-hybridized carbons (Fsp3) is 0.211. The lowest BCUT2D eigenvalue weighted by Gasteiger charge is -2.34. The quantitative estimate of drug-likeness (QED) is 0.580. The number of para-hydroxylation sites is 1. The van der Waals surface area contributed by atoms with E-state index >= 15 is 0 Å². The van der Waals surface area contributed by atoms with Crippen LogP contribution in [0.2, 0.25) is 0 Å². The highest BCUT2D eigenvalue weighted by molar-refractivity contribution is 5.80. The summed E-state index contributed by atoms with van der Waals surface area (Å²) in [7, 11) is 0. The second kappa shape index (κ2) is 3.92. The lowest BCUT2D eigenvalue weighted by molar-refractivity contribution is 0.590. The van der Waals surface area contributed by atoms with Crippen molar-refractivity contribution in [3.05, 3.63) is 77.0 Å².